The predicted octanol–water partition coefficient (Wildman–Crippen LogP) is 4.79. The van der Waals surface area contributed by atoms with E-state index in [-0.39, 0.29) is 29.1 Å². The van der Waals surface area contributed by atoms with Crippen molar-refractivity contribution >= 4 is 39.1 Å². The van der Waals surface area contributed by atoms with Gasteiger partial charge in [0.05, 0.1) is 10.6 Å². The largest absolute Gasteiger partial charge is 0.352 e. The molecule has 0 aromatic heterocycles. The standard InChI is InChI=1S/C28H32ClN3O4S/c1-20(2)30-28(34)22(4)31(18-23-11-8-10-21(3)16-23)27(33)19-32(25-13-9-12-24(29)17-25)37(35,36)26-14-6-5-7-15-26/h5-17,20,22H,18-19H2,1-4H3,(H,30,34)/t22-/m0/s1. The maximum absolute atomic E-state index is 13.8. The van der Waals surface area contributed by atoms with Crippen LogP contribution in [0.5, 0.6) is 0 Å². The van der Waals surface area contributed by atoms with Crippen LogP contribution in [-0.4, -0.2) is 43.8 Å². The number of nitrogens with one attached hydrogen (secondary N) is 1. The molecule has 0 saturated carbocycles. The van der Waals surface area contributed by atoms with Crippen LogP contribution in [0.15, 0.2) is 83.8 Å². The number of halogens is 1. The van der Waals surface area contributed by atoms with Crippen molar-refractivity contribution in [1.82, 2.24) is 10.2 Å². The van der Waals surface area contributed by atoms with Crippen molar-refractivity contribution in [3.8, 4) is 0 Å². The average Bonchev–Trinajstić information content (AvgIpc) is 2.85. The highest BCUT2D eigenvalue weighted by Gasteiger charge is 2.32. The van der Waals surface area contributed by atoms with Gasteiger partial charge in [0.2, 0.25) is 11.8 Å². The van der Waals surface area contributed by atoms with Crippen molar-refractivity contribution in [1.29, 1.82) is 0 Å². The molecule has 3 aromatic rings. The summed E-state index contributed by atoms with van der Waals surface area (Å²) in [5, 5.41) is 3.17. The van der Waals surface area contributed by atoms with Gasteiger partial charge in [0.1, 0.15) is 12.6 Å². The number of rotatable bonds is 10. The lowest BCUT2D eigenvalue weighted by molar-refractivity contribution is -0.139. The van der Waals surface area contributed by atoms with E-state index in [1.165, 1.54) is 23.1 Å². The molecule has 0 aliphatic carbocycles. The summed E-state index contributed by atoms with van der Waals surface area (Å²) in [6, 6.07) is 20.9. The zero-order valence-corrected chi connectivity index (χ0v) is 23.0. The number of carbonyl (C=O) groups is 2. The Labute approximate surface area is 224 Å². The van der Waals surface area contributed by atoms with E-state index < -0.39 is 28.5 Å². The van der Waals surface area contributed by atoms with Crippen molar-refractivity contribution < 1.29 is 18.0 Å². The van der Waals surface area contributed by atoms with Gasteiger partial charge in [0, 0.05) is 17.6 Å². The molecule has 0 bridgehead atoms. The van der Waals surface area contributed by atoms with Crippen LogP contribution in [-0.2, 0) is 26.2 Å². The molecule has 0 aliphatic rings. The van der Waals surface area contributed by atoms with Crippen molar-refractivity contribution in [2.45, 2.75) is 51.2 Å². The molecule has 1 atom stereocenters. The van der Waals surface area contributed by atoms with Gasteiger partial charge in [-0.1, -0.05) is 65.7 Å². The second-order valence-corrected chi connectivity index (χ2v) is 11.5. The molecule has 7 nitrogen and oxygen atoms in total. The zero-order chi connectivity index (χ0) is 27.2. The fourth-order valence-corrected chi connectivity index (χ4v) is 5.49. The van der Waals surface area contributed by atoms with Gasteiger partial charge in [-0.25, -0.2) is 8.42 Å². The van der Waals surface area contributed by atoms with Gasteiger partial charge in [-0.2, -0.15) is 0 Å². The maximum Gasteiger partial charge on any atom is 0.264 e. The van der Waals surface area contributed by atoms with Crippen molar-refractivity contribution in [2.75, 3.05) is 10.8 Å². The molecule has 3 aromatic carbocycles. The Morgan fingerprint density at radius 2 is 1.59 bits per heavy atom. The van der Waals surface area contributed by atoms with Crippen LogP contribution in [0.4, 0.5) is 5.69 Å². The van der Waals surface area contributed by atoms with Gasteiger partial charge in [-0.05, 0) is 63.6 Å². The molecule has 37 heavy (non-hydrogen) atoms. The molecule has 3 rings (SSSR count). The lowest BCUT2D eigenvalue weighted by Gasteiger charge is -2.32. The molecule has 0 saturated heterocycles. The maximum atomic E-state index is 13.8. The summed E-state index contributed by atoms with van der Waals surface area (Å²) in [7, 11) is -4.12. The van der Waals surface area contributed by atoms with Gasteiger partial charge in [0.15, 0.2) is 0 Å². The summed E-state index contributed by atoms with van der Waals surface area (Å²) >= 11 is 6.18. The number of nitrogens with zero attached hydrogens (tertiary/aromatic N) is 2. The second kappa shape index (κ2) is 12.3. The first-order chi connectivity index (χ1) is 17.5. The first kappa shape index (κ1) is 28.2. The fraction of sp³-hybridized carbons (Fsp3) is 0.286. The number of benzene rings is 3. The van der Waals surface area contributed by atoms with E-state index in [2.05, 4.69) is 5.32 Å². The highest BCUT2D eigenvalue weighted by atomic mass is 35.5. The van der Waals surface area contributed by atoms with E-state index >= 15 is 0 Å². The summed E-state index contributed by atoms with van der Waals surface area (Å²) in [5.74, 6) is -0.844. The number of hydrogen-bond acceptors (Lipinski definition) is 4. The fourth-order valence-electron chi connectivity index (χ4n) is 3.87. The van der Waals surface area contributed by atoms with E-state index in [9.17, 15) is 18.0 Å². The van der Waals surface area contributed by atoms with Gasteiger partial charge in [-0.15, -0.1) is 0 Å². The van der Waals surface area contributed by atoms with Crippen LogP contribution in [0.1, 0.15) is 31.9 Å². The first-order valence-electron chi connectivity index (χ1n) is 12.0. The Balaban J connectivity index is 2.02. The SMILES string of the molecule is Cc1cccc(CN(C(=O)CN(c2cccc(Cl)c2)S(=O)(=O)c2ccccc2)[C@@H](C)C(=O)NC(C)C)c1. The minimum Gasteiger partial charge on any atom is -0.352 e. The van der Waals surface area contributed by atoms with Gasteiger partial charge < -0.3 is 10.2 Å². The van der Waals surface area contributed by atoms with Crippen LogP contribution < -0.4 is 9.62 Å². The number of carbonyl (C=O) groups excluding carboxylic acids is 2. The summed E-state index contributed by atoms with van der Waals surface area (Å²) in [4.78, 5) is 28.2. The van der Waals surface area contributed by atoms with Crippen LogP contribution >= 0.6 is 11.6 Å². The van der Waals surface area contributed by atoms with Crippen LogP contribution in [0.25, 0.3) is 0 Å². The number of aryl methyl sites for hydroxylation is 1. The molecular weight excluding hydrogens is 510 g/mol. The third-order valence-corrected chi connectivity index (χ3v) is 7.76. The van der Waals surface area contributed by atoms with Crippen molar-refractivity contribution in [3.63, 3.8) is 0 Å². The zero-order valence-electron chi connectivity index (χ0n) is 21.4. The molecule has 9 heteroatoms. The smallest absolute Gasteiger partial charge is 0.264 e. The first-order valence-corrected chi connectivity index (χ1v) is 13.8. The average molecular weight is 542 g/mol. The molecule has 196 valence electrons. The quantitative estimate of drug-likeness (QED) is 0.400. The van der Waals surface area contributed by atoms with Crippen molar-refractivity contribution in [3.05, 3.63) is 95.0 Å². The van der Waals surface area contributed by atoms with E-state index in [0.29, 0.717) is 5.02 Å². The molecule has 0 fully saturated rings. The summed E-state index contributed by atoms with van der Waals surface area (Å²) in [6.07, 6.45) is 0. The van der Waals surface area contributed by atoms with E-state index in [1.54, 1.807) is 43.3 Å². The Morgan fingerprint density at radius 1 is 0.919 bits per heavy atom. The molecule has 0 radical (unpaired) electrons. The van der Waals surface area contributed by atoms with Crippen LogP contribution in [0.2, 0.25) is 5.02 Å². The lowest BCUT2D eigenvalue weighted by Crippen LogP contribution is -2.52. The number of hydrogen-bond donors (Lipinski definition) is 1. The van der Waals surface area contributed by atoms with Crippen molar-refractivity contribution in [2.24, 2.45) is 0 Å². The number of amides is 2. The molecule has 2 amide bonds. The number of sulfonamides is 1. The Hall–Kier alpha value is -3.36. The van der Waals surface area contributed by atoms with Gasteiger partial charge >= 0.3 is 0 Å². The summed E-state index contributed by atoms with van der Waals surface area (Å²) in [5.41, 5.74) is 2.09. The molecule has 1 N–H and O–H groups in total. The molecule has 0 aliphatic heterocycles. The van der Waals surface area contributed by atoms with Crippen LogP contribution in [0.3, 0.4) is 0 Å². The highest BCUT2D eigenvalue weighted by Crippen LogP contribution is 2.26. The third kappa shape index (κ3) is 7.33. The van der Waals surface area contributed by atoms with Gasteiger partial charge in [-0.3, -0.25) is 13.9 Å². The monoisotopic (exact) mass is 541 g/mol. The molecule has 0 spiro atoms. The van der Waals surface area contributed by atoms with E-state index in [1.807, 2.05) is 45.0 Å². The molecule has 0 heterocycles. The molecular formula is C28H32ClN3O4S. The van der Waals surface area contributed by atoms with Gasteiger partial charge in [0.25, 0.3) is 10.0 Å². The summed E-state index contributed by atoms with van der Waals surface area (Å²) in [6.45, 7) is 6.89. The predicted molar refractivity (Wildman–Crippen MR) is 147 cm³/mol. The minimum absolute atomic E-state index is 0.0404. The summed E-state index contributed by atoms with van der Waals surface area (Å²) < 4.78 is 28.4. The highest BCUT2D eigenvalue weighted by molar-refractivity contribution is 7.92. The topological polar surface area (TPSA) is 86.8 Å². The van der Waals surface area contributed by atoms with E-state index in [4.69, 9.17) is 11.6 Å². The Kier molecular flexibility index (Phi) is 9.34. The van der Waals surface area contributed by atoms with Crippen LogP contribution in [0, 0.1) is 6.92 Å². The normalized spacial score (nSPS) is 12.2. The number of anilines is 1. The van der Waals surface area contributed by atoms with E-state index in [0.717, 1.165) is 15.4 Å². The lowest BCUT2D eigenvalue weighted by atomic mass is 10.1. The second-order valence-electron chi connectivity index (χ2n) is 9.15. The molecule has 0 unspecified atom stereocenters. The minimum atomic E-state index is -4.12. The Bertz CT molecular complexity index is 1350. The Morgan fingerprint density at radius 3 is 2.22 bits per heavy atom. The third-order valence-electron chi connectivity index (χ3n) is 5.74.